The van der Waals surface area contributed by atoms with E-state index in [2.05, 4.69) is 5.32 Å². The van der Waals surface area contributed by atoms with Gasteiger partial charge in [-0.05, 0) is 30.6 Å². The van der Waals surface area contributed by atoms with Crippen molar-refractivity contribution in [3.05, 3.63) is 0 Å². The van der Waals surface area contributed by atoms with E-state index >= 15 is 0 Å². The molecule has 4 N–H and O–H groups in total. The second-order valence-electron chi connectivity index (χ2n) is 3.44. The van der Waals surface area contributed by atoms with Gasteiger partial charge in [0.05, 0.1) is 6.54 Å². The molecule has 1 amide bonds. The van der Waals surface area contributed by atoms with Crippen molar-refractivity contribution in [3.63, 3.8) is 0 Å². The van der Waals surface area contributed by atoms with Crippen molar-refractivity contribution in [2.45, 2.75) is 12.5 Å². The molecule has 0 aromatic heterocycles. The molecule has 98 valence electrons. The van der Waals surface area contributed by atoms with Gasteiger partial charge in [-0.15, -0.1) is 0 Å². The van der Waals surface area contributed by atoms with Gasteiger partial charge < -0.3 is 21.1 Å². The Morgan fingerprint density at radius 2 is 2.35 bits per heavy atom. The Morgan fingerprint density at radius 3 is 2.59 bits per heavy atom. The van der Waals surface area contributed by atoms with Gasteiger partial charge in [-0.1, -0.05) is 0 Å². The summed E-state index contributed by atoms with van der Waals surface area (Å²) in [5, 5.41) is 11.3. The number of thiocarbonyl (C=S) groups is 1. The molecule has 6 nitrogen and oxygen atoms in total. The summed E-state index contributed by atoms with van der Waals surface area (Å²) < 4.78 is 0. The van der Waals surface area contributed by atoms with Crippen molar-refractivity contribution in [1.82, 2.24) is 10.2 Å². The van der Waals surface area contributed by atoms with Crippen LogP contribution in [0.1, 0.15) is 6.42 Å². The van der Waals surface area contributed by atoms with Gasteiger partial charge >= 0.3 is 5.97 Å². The van der Waals surface area contributed by atoms with Crippen LogP contribution in [0.2, 0.25) is 0 Å². The molecule has 1 unspecified atom stereocenters. The van der Waals surface area contributed by atoms with Crippen molar-refractivity contribution < 1.29 is 14.7 Å². The molecule has 0 aromatic rings. The summed E-state index contributed by atoms with van der Waals surface area (Å²) in [5.41, 5.74) is 5.19. The zero-order valence-corrected chi connectivity index (χ0v) is 11.4. The highest BCUT2D eigenvalue weighted by atomic mass is 32.2. The number of carboxylic acid groups (broad SMARTS) is 1. The molecule has 0 saturated carbocycles. The van der Waals surface area contributed by atoms with Crippen molar-refractivity contribution in [3.8, 4) is 0 Å². The fourth-order valence-electron chi connectivity index (χ4n) is 0.910. The number of nitrogens with one attached hydrogen (secondary N) is 1. The first kappa shape index (κ1) is 16.1. The van der Waals surface area contributed by atoms with Crippen LogP contribution >= 0.6 is 24.0 Å². The van der Waals surface area contributed by atoms with Gasteiger partial charge in [-0.25, -0.2) is 0 Å². The monoisotopic (exact) mass is 279 g/mol. The number of rotatable bonds is 4. The Hall–Kier alpha value is -0.860. The first-order valence-electron chi connectivity index (χ1n) is 4.90. The molecule has 1 atom stereocenters. The Labute approximate surface area is 110 Å². The summed E-state index contributed by atoms with van der Waals surface area (Å²) in [4.78, 5) is 22.2. The van der Waals surface area contributed by atoms with Crippen molar-refractivity contribution in [2.75, 3.05) is 25.6 Å². The first-order valence-corrected chi connectivity index (χ1v) is 6.71. The normalized spacial score (nSPS) is 16.1. The fourth-order valence-corrected chi connectivity index (χ4v) is 1.58. The minimum absolute atomic E-state index is 0.0162. The topological polar surface area (TPSA) is 95.7 Å². The van der Waals surface area contributed by atoms with Crippen LogP contribution < -0.4 is 11.1 Å². The van der Waals surface area contributed by atoms with Gasteiger partial charge in [-0.2, -0.15) is 11.8 Å². The molecule has 1 rings (SSSR count). The number of thioether (sulfide) groups is 1. The van der Waals surface area contributed by atoms with Crippen LogP contribution in [0.25, 0.3) is 0 Å². The Morgan fingerprint density at radius 1 is 1.76 bits per heavy atom. The smallest absolute Gasteiger partial charge is 0.320 e. The summed E-state index contributed by atoms with van der Waals surface area (Å²) in [5.74, 6) is -0.116. The highest BCUT2D eigenvalue weighted by Gasteiger charge is 2.18. The van der Waals surface area contributed by atoms with Gasteiger partial charge in [0.1, 0.15) is 6.04 Å². The van der Waals surface area contributed by atoms with E-state index in [9.17, 15) is 9.59 Å². The van der Waals surface area contributed by atoms with Crippen molar-refractivity contribution in [1.29, 1.82) is 0 Å². The third-order valence-electron chi connectivity index (χ3n) is 1.92. The molecule has 1 saturated heterocycles. The number of hydrogen-bond donors (Lipinski definition) is 3. The van der Waals surface area contributed by atoms with E-state index in [1.807, 2.05) is 6.26 Å². The lowest BCUT2D eigenvalue weighted by Gasteiger charge is -2.03. The third kappa shape index (κ3) is 7.14. The number of amides is 1. The van der Waals surface area contributed by atoms with Crippen LogP contribution in [-0.2, 0) is 9.59 Å². The second-order valence-corrected chi connectivity index (χ2v) is 4.81. The van der Waals surface area contributed by atoms with Crippen LogP contribution in [0.15, 0.2) is 0 Å². The molecule has 1 fully saturated rings. The molecule has 1 heterocycles. The SMILES string of the molecule is CN1CC(=O)NC1=S.CSCCC(N)C(=O)O. The molecule has 0 aromatic carbocycles. The molecule has 0 bridgehead atoms. The quantitative estimate of drug-likeness (QED) is 0.596. The van der Waals surface area contributed by atoms with Gasteiger partial charge in [0.25, 0.3) is 0 Å². The minimum atomic E-state index is -0.913. The predicted octanol–water partition coefficient (Wildman–Crippen LogP) is -0.516. The predicted molar refractivity (Wildman–Crippen MR) is 72.0 cm³/mol. The van der Waals surface area contributed by atoms with Crippen LogP contribution in [0.5, 0.6) is 0 Å². The molecule has 1 aliphatic rings. The third-order valence-corrected chi connectivity index (χ3v) is 2.98. The van der Waals surface area contributed by atoms with E-state index in [0.29, 0.717) is 18.1 Å². The Bertz CT molecular complexity index is 299. The van der Waals surface area contributed by atoms with Crippen LogP contribution in [0.3, 0.4) is 0 Å². The lowest BCUT2D eigenvalue weighted by Crippen LogP contribution is -2.30. The summed E-state index contributed by atoms with van der Waals surface area (Å²) >= 11 is 6.32. The fraction of sp³-hybridized carbons (Fsp3) is 0.667. The molecule has 1 aliphatic heterocycles. The number of nitrogens with zero attached hydrogens (tertiary/aromatic N) is 1. The number of carbonyl (C=O) groups is 2. The zero-order chi connectivity index (χ0) is 13.4. The summed E-state index contributed by atoms with van der Waals surface area (Å²) in [6.07, 6.45) is 2.48. The Kier molecular flexibility index (Phi) is 7.85. The Balaban J connectivity index is 0.000000302. The largest absolute Gasteiger partial charge is 0.480 e. The van der Waals surface area contributed by atoms with Gasteiger partial charge in [-0.3, -0.25) is 9.59 Å². The van der Waals surface area contributed by atoms with E-state index in [1.54, 1.807) is 23.7 Å². The first-order chi connectivity index (χ1) is 7.88. The molecule has 8 heteroatoms. The average Bonchev–Trinajstić information content (AvgIpc) is 2.53. The van der Waals surface area contributed by atoms with E-state index in [-0.39, 0.29) is 5.91 Å². The second kappa shape index (κ2) is 8.26. The maximum absolute atomic E-state index is 10.4. The van der Waals surface area contributed by atoms with E-state index in [0.717, 1.165) is 5.75 Å². The standard InChI is InChI=1S/C5H11NO2S.C4H6N2OS/c1-9-3-2-4(6)5(7)8;1-6-2-3(7)5-4(6)8/h4H,2-3,6H2,1H3,(H,7,8);2H2,1H3,(H,5,7,8). The van der Waals surface area contributed by atoms with Crippen LogP contribution in [0.4, 0.5) is 0 Å². The zero-order valence-electron chi connectivity index (χ0n) is 9.80. The molecule has 0 radical (unpaired) electrons. The number of carboxylic acids is 1. The maximum atomic E-state index is 10.4. The van der Waals surface area contributed by atoms with Crippen molar-refractivity contribution >= 4 is 41.0 Å². The van der Waals surface area contributed by atoms with Gasteiger partial charge in [0.2, 0.25) is 5.91 Å². The number of nitrogens with two attached hydrogens (primary N) is 1. The molecule has 0 aliphatic carbocycles. The lowest BCUT2D eigenvalue weighted by atomic mass is 10.2. The number of hydrogen-bond acceptors (Lipinski definition) is 5. The van der Waals surface area contributed by atoms with E-state index in [1.165, 1.54) is 0 Å². The van der Waals surface area contributed by atoms with Crippen LogP contribution in [-0.4, -0.2) is 58.6 Å². The number of carbonyl (C=O) groups excluding carboxylic acids is 1. The van der Waals surface area contributed by atoms with Crippen molar-refractivity contribution in [2.24, 2.45) is 5.73 Å². The summed E-state index contributed by atoms with van der Waals surface area (Å²) in [6, 6.07) is -0.683. The summed E-state index contributed by atoms with van der Waals surface area (Å²) in [6.45, 7) is 0.402. The number of likely N-dealkylation sites (N-methyl/N-ethyl adjacent to an activating group) is 1. The van der Waals surface area contributed by atoms with Crippen LogP contribution in [0, 0.1) is 0 Å². The van der Waals surface area contributed by atoms with E-state index in [4.69, 9.17) is 23.1 Å². The molecule has 0 spiro atoms. The highest BCUT2D eigenvalue weighted by molar-refractivity contribution is 7.98. The highest BCUT2D eigenvalue weighted by Crippen LogP contribution is 1.97. The van der Waals surface area contributed by atoms with E-state index < -0.39 is 12.0 Å². The minimum Gasteiger partial charge on any atom is -0.480 e. The van der Waals surface area contributed by atoms with Gasteiger partial charge in [0, 0.05) is 7.05 Å². The number of aliphatic carboxylic acids is 1. The van der Waals surface area contributed by atoms with Gasteiger partial charge in [0.15, 0.2) is 5.11 Å². The molecular weight excluding hydrogens is 262 g/mol. The summed E-state index contributed by atoms with van der Waals surface area (Å²) in [7, 11) is 1.78. The maximum Gasteiger partial charge on any atom is 0.320 e. The molecule has 17 heavy (non-hydrogen) atoms. The average molecular weight is 279 g/mol. The lowest BCUT2D eigenvalue weighted by molar-refractivity contribution is -0.138. The molecular formula is C9H17N3O3S2.